The van der Waals surface area contributed by atoms with E-state index in [1.54, 1.807) is 7.11 Å². The number of hydrogen-bond donors (Lipinski definition) is 1. The molecular weight excluding hydrogens is 214 g/mol. The molecule has 1 heterocycles. The highest BCUT2D eigenvalue weighted by molar-refractivity contribution is 5.53. The first-order chi connectivity index (χ1) is 8.20. The van der Waals surface area contributed by atoms with Gasteiger partial charge in [0.15, 0.2) is 0 Å². The summed E-state index contributed by atoms with van der Waals surface area (Å²) in [5.41, 5.74) is 7.77. The molecule has 1 fully saturated rings. The van der Waals surface area contributed by atoms with Gasteiger partial charge in [-0.05, 0) is 31.3 Å². The van der Waals surface area contributed by atoms with Crippen molar-refractivity contribution in [2.24, 2.45) is 0 Å². The predicted molar refractivity (Wildman–Crippen MR) is 71.4 cm³/mol. The smallest absolute Gasteiger partial charge is 0.0635 e. The second kappa shape index (κ2) is 5.38. The first-order valence-corrected chi connectivity index (χ1v) is 6.00. The Bertz CT molecular complexity index is 352. The molecule has 0 saturated carbocycles. The average Bonchev–Trinajstić information content (AvgIpc) is 2.33. The maximum Gasteiger partial charge on any atom is 0.0635 e. The topological polar surface area (TPSA) is 41.7 Å². The fourth-order valence-corrected chi connectivity index (χ4v) is 2.24. The van der Waals surface area contributed by atoms with Crippen molar-refractivity contribution in [1.29, 1.82) is 0 Å². The summed E-state index contributed by atoms with van der Waals surface area (Å²) in [5, 5.41) is 0. The molecule has 0 amide bonds. The lowest BCUT2D eigenvalue weighted by molar-refractivity contribution is 0.0987. The summed E-state index contributed by atoms with van der Waals surface area (Å²) in [6, 6.07) is 8.55. The zero-order chi connectivity index (χ0) is 12.3. The summed E-state index contributed by atoms with van der Waals surface area (Å²) in [5.74, 6) is 0. The molecule has 0 aromatic heterocycles. The minimum atomic E-state index is 0.464. The Morgan fingerprint density at radius 1 is 1.29 bits per heavy atom. The van der Waals surface area contributed by atoms with Crippen LogP contribution in [0.5, 0.6) is 0 Å². The zero-order valence-corrected chi connectivity index (χ0v) is 10.6. The monoisotopic (exact) mass is 235 g/mol. The molecule has 1 aromatic carbocycles. The molecule has 1 aliphatic heterocycles. The van der Waals surface area contributed by atoms with Gasteiger partial charge in [-0.15, -0.1) is 0 Å². The number of nitrogen functional groups attached to an aromatic ring is 1. The van der Waals surface area contributed by atoms with Crippen LogP contribution >= 0.6 is 0 Å². The van der Waals surface area contributed by atoms with Crippen LogP contribution in [0, 0.1) is 0 Å². The van der Waals surface area contributed by atoms with Crippen LogP contribution in [0.3, 0.4) is 0 Å². The second-order valence-corrected chi connectivity index (χ2v) is 4.63. The van der Waals surface area contributed by atoms with Crippen molar-refractivity contribution in [2.45, 2.75) is 6.04 Å². The van der Waals surface area contributed by atoms with E-state index >= 15 is 0 Å². The van der Waals surface area contributed by atoms with Crippen molar-refractivity contribution in [3.05, 3.63) is 24.3 Å². The van der Waals surface area contributed by atoms with E-state index in [0.717, 1.165) is 31.9 Å². The molecule has 4 nitrogen and oxygen atoms in total. The Morgan fingerprint density at radius 2 is 2.00 bits per heavy atom. The van der Waals surface area contributed by atoms with E-state index in [2.05, 4.69) is 29.0 Å². The minimum absolute atomic E-state index is 0.464. The van der Waals surface area contributed by atoms with Crippen LogP contribution in [0.15, 0.2) is 24.3 Å². The lowest BCUT2D eigenvalue weighted by atomic mass is 10.1. The third kappa shape index (κ3) is 2.90. The van der Waals surface area contributed by atoms with Crippen molar-refractivity contribution >= 4 is 11.4 Å². The maximum absolute atomic E-state index is 5.71. The highest BCUT2D eigenvalue weighted by atomic mass is 16.5. The van der Waals surface area contributed by atoms with Gasteiger partial charge in [-0.25, -0.2) is 0 Å². The van der Waals surface area contributed by atoms with Gasteiger partial charge >= 0.3 is 0 Å². The van der Waals surface area contributed by atoms with Crippen molar-refractivity contribution in [1.82, 2.24) is 4.90 Å². The second-order valence-electron chi connectivity index (χ2n) is 4.63. The molecule has 17 heavy (non-hydrogen) atoms. The largest absolute Gasteiger partial charge is 0.399 e. The number of anilines is 2. The summed E-state index contributed by atoms with van der Waals surface area (Å²) in [6.07, 6.45) is 0. The Morgan fingerprint density at radius 3 is 2.65 bits per heavy atom. The molecule has 1 atom stereocenters. The quantitative estimate of drug-likeness (QED) is 0.795. The van der Waals surface area contributed by atoms with Gasteiger partial charge in [-0.2, -0.15) is 0 Å². The van der Waals surface area contributed by atoms with Crippen LogP contribution in [-0.2, 0) is 4.74 Å². The highest BCUT2D eigenvalue weighted by Crippen LogP contribution is 2.19. The molecule has 1 aliphatic rings. The Hall–Kier alpha value is -1.26. The Balaban J connectivity index is 2.04. The van der Waals surface area contributed by atoms with Crippen molar-refractivity contribution in [2.75, 3.05) is 51.0 Å². The first kappa shape index (κ1) is 12.2. The van der Waals surface area contributed by atoms with Crippen LogP contribution in [-0.4, -0.2) is 51.3 Å². The molecule has 0 spiro atoms. The summed E-state index contributed by atoms with van der Waals surface area (Å²) >= 11 is 0. The van der Waals surface area contributed by atoms with Gasteiger partial charge in [0, 0.05) is 38.1 Å². The van der Waals surface area contributed by atoms with Crippen molar-refractivity contribution in [3.63, 3.8) is 0 Å². The Labute approximate surface area is 103 Å². The third-order valence-corrected chi connectivity index (χ3v) is 3.39. The highest BCUT2D eigenvalue weighted by Gasteiger charge is 2.24. The van der Waals surface area contributed by atoms with E-state index in [4.69, 9.17) is 10.5 Å². The maximum atomic E-state index is 5.71. The number of piperazine rings is 1. The predicted octanol–water partition coefficient (Wildman–Crippen LogP) is 1.04. The average molecular weight is 235 g/mol. The molecule has 0 aliphatic carbocycles. The third-order valence-electron chi connectivity index (χ3n) is 3.39. The van der Waals surface area contributed by atoms with E-state index in [1.807, 2.05) is 12.1 Å². The number of nitrogens with two attached hydrogens (primary N) is 1. The molecule has 94 valence electrons. The summed E-state index contributed by atoms with van der Waals surface area (Å²) in [6.45, 7) is 3.91. The Kier molecular flexibility index (Phi) is 3.86. The number of methoxy groups -OCH3 is 1. The van der Waals surface area contributed by atoms with Crippen LogP contribution < -0.4 is 10.6 Å². The molecule has 0 bridgehead atoms. The number of ether oxygens (including phenoxy) is 1. The summed E-state index contributed by atoms with van der Waals surface area (Å²) in [4.78, 5) is 4.75. The molecule has 2 N–H and O–H groups in total. The van der Waals surface area contributed by atoms with Gasteiger partial charge in [0.25, 0.3) is 0 Å². The standard InChI is InChI=1S/C13H21N3O/c1-15-7-8-16(9-13(15)10-17-2)12-5-3-11(14)4-6-12/h3-6,13H,7-10,14H2,1-2H3/t13-/m1/s1. The molecule has 2 rings (SSSR count). The van der Waals surface area contributed by atoms with E-state index in [0.29, 0.717) is 6.04 Å². The van der Waals surface area contributed by atoms with E-state index in [9.17, 15) is 0 Å². The van der Waals surface area contributed by atoms with Gasteiger partial charge in [0.2, 0.25) is 0 Å². The van der Waals surface area contributed by atoms with Crippen molar-refractivity contribution < 1.29 is 4.74 Å². The van der Waals surface area contributed by atoms with Gasteiger partial charge in [-0.3, -0.25) is 4.90 Å². The molecule has 1 saturated heterocycles. The number of likely N-dealkylation sites (N-methyl/N-ethyl adjacent to an activating group) is 1. The van der Waals surface area contributed by atoms with Gasteiger partial charge in [0.05, 0.1) is 12.6 Å². The zero-order valence-electron chi connectivity index (χ0n) is 10.6. The first-order valence-electron chi connectivity index (χ1n) is 6.00. The van der Waals surface area contributed by atoms with Gasteiger partial charge in [0.1, 0.15) is 0 Å². The normalized spacial score (nSPS) is 21.8. The number of benzene rings is 1. The molecule has 1 aromatic rings. The van der Waals surface area contributed by atoms with Crippen LogP contribution in [0.1, 0.15) is 0 Å². The van der Waals surface area contributed by atoms with Gasteiger partial charge in [-0.1, -0.05) is 0 Å². The van der Waals surface area contributed by atoms with E-state index in [1.165, 1.54) is 5.69 Å². The number of nitrogens with zero attached hydrogens (tertiary/aromatic N) is 2. The SMILES string of the molecule is COC[C@H]1CN(c2ccc(N)cc2)CCN1C. The molecule has 0 radical (unpaired) electrons. The van der Waals surface area contributed by atoms with E-state index < -0.39 is 0 Å². The fourth-order valence-electron chi connectivity index (χ4n) is 2.24. The summed E-state index contributed by atoms with van der Waals surface area (Å²) in [7, 11) is 3.92. The van der Waals surface area contributed by atoms with E-state index in [-0.39, 0.29) is 0 Å². The molecular formula is C13H21N3O. The van der Waals surface area contributed by atoms with Crippen LogP contribution in [0.4, 0.5) is 11.4 Å². The minimum Gasteiger partial charge on any atom is -0.399 e. The summed E-state index contributed by atoms with van der Waals surface area (Å²) < 4.78 is 5.27. The van der Waals surface area contributed by atoms with Crippen molar-refractivity contribution in [3.8, 4) is 0 Å². The number of rotatable bonds is 3. The number of hydrogen-bond acceptors (Lipinski definition) is 4. The van der Waals surface area contributed by atoms with Crippen LogP contribution in [0.25, 0.3) is 0 Å². The molecule has 4 heteroatoms. The van der Waals surface area contributed by atoms with Gasteiger partial charge < -0.3 is 15.4 Å². The molecule has 0 unspecified atom stereocenters. The fraction of sp³-hybridized carbons (Fsp3) is 0.538. The lowest BCUT2D eigenvalue weighted by Gasteiger charge is -2.40. The lowest BCUT2D eigenvalue weighted by Crippen LogP contribution is -2.53. The van der Waals surface area contributed by atoms with Crippen LogP contribution in [0.2, 0.25) is 0 Å².